The molecule has 1 aromatic rings. The number of anilines is 1. The molecule has 2 heterocycles. The average Bonchev–Trinajstić information content (AvgIpc) is 2.78. The fourth-order valence-electron chi connectivity index (χ4n) is 3.48. The van der Waals surface area contributed by atoms with Crippen LogP contribution in [0.15, 0.2) is 18.2 Å². The Hall–Kier alpha value is -1.39. The lowest BCUT2D eigenvalue weighted by Crippen LogP contribution is -2.45. The number of fused-ring (bicyclic) bond motifs is 1. The molecule has 4 nitrogen and oxygen atoms in total. The quantitative estimate of drug-likeness (QED) is 0.897. The van der Waals surface area contributed by atoms with Gasteiger partial charge in [-0.15, -0.1) is 0 Å². The van der Waals surface area contributed by atoms with Gasteiger partial charge in [0.1, 0.15) is 0 Å². The van der Waals surface area contributed by atoms with Gasteiger partial charge in [-0.25, -0.2) is 0 Å². The van der Waals surface area contributed by atoms with E-state index in [1.165, 1.54) is 0 Å². The van der Waals surface area contributed by atoms with Crippen LogP contribution in [0.5, 0.6) is 0 Å². The molecule has 3 rings (SSSR count). The van der Waals surface area contributed by atoms with Gasteiger partial charge >= 0.3 is 0 Å². The Morgan fingerprint density at radius 2 is 2.10 bits per heavy atom. The van der Waals surface area contributed by atoms with Gasteiger partial charge in [-0.05, 0) is 56.5 Å². The zero-order valence-corrected chi connectivity index (χ0v) is 12.8. The maximum atomic E-state index is 12.7. The fourth-order valence-corrected chi connectivity index (χ4v) is 3.48. The number of amides is 1. The number of nitrogens with zero attached hydrogens (tertiary/aromatic N) is 1. The highest BCUT2D eigenvalue weighted by atomic mass is 16.3. The Morgan fingerprint density at radius 3 is 2.76 bits per heavy atom. The van der Waals surface area contributed by atoms with E-state index in [1.807, 2.05) is 36.9 Å². The lowest BCUT2D eigenvalue weighted by molar-refractivity contribution is -0.119. The maximum Gasteiger partial charge on any atom is 0.234 e. The summed E-state index contributed by atoms with van der Waals surface area (Å²) < 4.78 is 0. The molecule has 4 heteroatoms. The van der Waals surface area contributed by atoms with Crippen LogP contribution >= 0.6 is 0 Å². The number of hydrogen-bond donors (Lipinski definition) is 2. The summed E-state index contributed by atoms with van der Waals surface area (Å²) in [5.74, 6) is 0.110. The van der Waals surface area contributed by atoms with E-state index in [0.29, 0.717) is 12.5 Å². The molecule has 0 saturated carbocycles. The first-order valence-electron chi connectivity index (χ1n) is 7.99. The van der Waals surface area contributed by atoms with Crippen molar-refractivity contribution < 1.29 is 9.90 Å². The SMILES string of the molecule is CCC(O)c1ccc2c(c1)C(C)C(=O)N2C1CCNCC1. The molecule has 1 fully saturated rings. The van der Waals surface area contributed by atoms with Crippen molar-refractivity contribution in [2.45, 2.75) is 51.2 Å². The molecule has 0 aromatic heterocycles. The first-order valence-corrected chi connectivity index (χ1v) is 7.99. The van der Waals surface area contributed by atoms with E-state index in [1.54, 1.807) is 0 Å². The second kappa shape index (κ2) is 5.78. The molecule has 114 valence electrons. The molecule has 21 heavy (non-hydrogen) atoms. The van der Waals surface area contributed by atoms with Crippen molar-refractivity contribution in [1.82, 2.24) is 5.32 Å². The van der Waals surface area contributed by atoms with Gasteiger partial charge in [0.2, 0.25) is 5.91 Å². The minimum Gasteiger partial charge on any atom is -0.388 e. The number of carbonyl (C=O) groups is 1. The van der Waals surface area contributed by atoms with Crippen LogP contribution in [0.1, 0.15) is 56.3 Å². The predicted octanol–water partition coefficient (Wildman–Crippen LogP) is 2.33. The van der Waals surface area contributed by atoms with Gasteiger partial charge < -0.3 is 15.3 Å². The molecule has 2 aliphatic rings. The highest BCUT2D eigenvalue weighted by molar-refractivity contribution is 6.05. The van der Waals surface area contributed by atoms with E-state index >= 15 is 0 Å². The third-order valence-corrected chi connectivity index (χ3v) is 4.83. The van der Waals surface area contributed by atoms with Crippen molar-refractivity contribution in [2.75, 3.05) is 18.0 Å². The molecule has 2 aliphatic heterocycles. The summed E-state index contributed by atoms with van der Waals surface area (Å²) in [6, 6.07) is 6.32. The van der Waals surface area contributed by atoms with Crippen molar-refractivity contribution >= 4 is 11.6 Å². The number of aliphatic hydroxyl groups excluding tert-OH is 1. The summed E-state index contributed by atoms with van der Waals surface area (Å²) in [7, 11) is 0. The summed E-state index contributed by atoms with van der Waals surface area (Å²) in [6.45, 7) is 5.90. The molecule has 0 radical (unpaired) electrons. The smallest absolute Gasteiger partial charge is 0.234 e. The summed E-state index contributed by atoms with van der Waals surface area (Å²) in [5, 5.41) is 13.4. The largest absolute Gasteiger partial charge is 0.388 e. The molecular formula is C17H24N2O2. The van der Waals surface area contributed by atoms with E-state index in [2.05, 4.69) is 5.32 Å². The summed E-state index contributed by atoms with van der Waals surface area (Å²) >= 11 is 0. The van der Waals surface area contributed by atoms with Crippen molar-refractivity contribution in [3.8, 4) is 0 Å². The highest BCUT2D eigenvalue weighted by Gasteiger charge is 2.38. The zero-order valence-electron chi connectivity index (χ0n) is 12.8. The lowest BCUT2D eigenvalue weighted by Gasteiger charge is -2.32. The standard InChI is InChI=1S/C17H24N2O2/c1-3-16(20)12-4-5-15-14(10-12)11(2)17(21)19(15)13-6-8-18-9-7-13/h4-5,10-11,13,16,18,20H,3,6-9H2,1-2H3. The minimum absolute atomic E-state index is 0.0982. The van der Waals surface area contributed by atoms with E-state index in [4.69, 9.17) is 0 Å². The van der Waals surface area contributed by atoms with Crippen LogP contribution in [0.4, 0.5) is 5.69 Å². The van der Waals surface area contributed by atoms with E-state index < -0.39 is 6.10 Å². The molecule has 2 N–H and O–H groups in total. The van der Waals surface area contributed by atoms with Gasteiger partial charge in [0.25, 0.3) is 0 Å². The Labute approximate surface area is 126 Å². The van der Waals surface area contributed by atoms with Crippen molar-refractivity contribution in [1.29, 1.82) is 0 Å². The van der Waals surface area contributed by atoms with E-state index in [0.717, 1.165) is 42.7 Å². The first-order chi connectivity index (χ1) is 10.1. The number of piperidine rings is 1. The average molecular weight is 288 g/mol. The molecule has 0 bridgehead atoms. The molecule has 1 aromatic carbocycles. The molecule has 1 saturated heterocycles. The number of rotatable bonds is 3. The lowest BCUT2D eigenvalue weighted by atomic mass is 9.97. The van der Waals surface area contributed by atoms with Crippen LogP contribution in [-0.4, -0.2) is 30.1 Å². The van der Waals surface area contributed by atoms with Crippen LogP contribution in [0.2, 0.25) is 0 Å². The number of hydrogen-bond acceptors (Lipinski definition) is 3. The van der Waals surface area contributed by atoms with Crippen LogP contribution < -0.4 is 10.2 Å². The Balaban J connectivity index is 1.95. The molecular weight excluding hydrogens is 264 g/mol. The number of carbonyl (C=O) groups excluding carboxylic acids is 1. The minimum atomic E-state index is -0.439. The first kappa shape index (κ1) is 14.5. The maximum absolute atomic E-state index is 12.7. The van der Waals surface area contributed by atoms with Crippen LogP contribution in [0.3, 0.4) is 0 Å². The van der Waals surface area contributed by atoms with Crippen molar-refractivity contribution in [2.24, 2.45) is 0 Å². The number of benzene rings is 1. The molecule has 1 amide bonds. The second-order valence-electron chi connectivity index (χ2n) is 6.15. The van der Waals surface area contributed by atoms with Crippen LogP contribution in [0, 0.1) is 0 Å². The van der Waals surface area contributed by atoms with Gasteiger partial charge in [0.05, 0.1) is 12.0 Å². The number of nitrogens with one attached hydrogen (secondary N) is 1. The topological polar surface area (TPSA) is 52.6 Å². The van der Waals surface area contributed by atoms with E-state index in [9.17, 15) is 9.90 Å². The third-order valence-electron chi connectivity index (χ3n) is 4.83. The fraction of sp³-hybridized carbons (Fsp3) is 0.588. The third kappa shape index (κ3) is 2.47. The summed E-state index contributed by atoms with van der Waals surface area (Å²) in [4.78, 5) is 14.7. The van der Waals surface area contributed by atoms with Crippen LogP contribution in [-0.2, 0) is 4.79 Å². The van der Waals surface area contributed by atoms with Gasteiger partial charge in [-0.1, -0.05) is 19.1 Å². The zero-order chi connectivity index (χ0) is 15.0. The van der Waals surface area contributed by atoms with Gasteiger partial charge in [0, 0.05) is 11.7 Å². The summed E-state index contributed by atoms with van der Waals surface area (Å²) in [5.41, 5.74) is 3.04. The Bertz CT molecular complexity index is 538. The van der Waals surface area contributed by atoms with Crippen molar-refractivity contribution in [3.05, 3.63) is 29.3 Å². The Morgan fingerprint density at radius 1 is 1.38 bits per heavy atom. The van der Waals surface area contributed by atoms with Gasteiger partial charge in [-0.2, -0.15) is 0 Å². The monoisotopic (exact) mass is 288 g/mol. The Kier molecular flexibility index (Phi) is 4.00. The molecule has 0 aliphatic carbocycles. The second-order valence-corrected chi connectivity index (χ2v) is 6.15. The van der Waals surface area contributed by atoms with E-state index in [-0.39, 0.29) is 11.8 Å². The number of aliphatic hydroxyl groups is 1. The molecule has 2 unspecified atom stereocenters. The predicted molar refractivity (Wildman–Crippen MR) is 83.5 cm³/mol. The van der Waals surface area contributed by atoms with Crippen LogP contribution in [0.25, 0.3) is 0 Å². The van der Waals surface area contributed by atoms with Crippen molar-refractivity contribution in [3.63, 3.8) is 0 Å². The molecule has 2 atom stereocenters. The summed E-state index contributed by atoms with van der Waals surface area (Å²) in [6.07, 6.45) is 2.28. The van der Waals surface area contributed by atoms with Gasteiger partial charge in [-0.3, -0.25) is 4.79 Å². The molecule has 0 spiro atoms. The highest BCUT2D eigenvalue weighted by Crippen LogP contribution is 2.41. The normalized spacial score (nSPS) is 24.2. The van der Waals surface area contributed by atoms with Gasteiger partial charge in [0.15, 0.2) is 0 Å².